The molecule has 0 bridgehead atoms. The number of hydrogen-bond acceptors (Lipinski definition) is 8. The summed E-state index contributed by atoms with van der Waals surface area (Å²) in [5.74, 6) is -2.20. The third kappa shape index (κ3) is 8.74. The lowest BCUT2D eigenvalue weighted by Gasteiger charge is -2.27. The number of nitrogens with one attached hydrogen (secondary N) is 4. The van der Waals surface area contributed by atoms with E-state index in [1.165, 1.54) is 4.90 Å². The predicted octanol–water partition coefficient (Wildman–Crippen LogP) is 2.47. The fourth-order valence-electron chi connectivity index (χ4n) is 5.77. The zero-order valence-corrected chi connectivity index (χ0v) is 26.5. The number of aromatic nitrogens is 1. The van der Waals surface area contributed by atoms with Gasteiger partial charge in [-0.05, 0) is 63.3 Å². The van der Waals surface area contributed by atoms with Crippen LogP contribution in [0.4, 0.5) is 0 Å². The van der Waals surface area contributed by atoms with E-state index >= 15 is 0 Å². The number of benzene rings is 2. The number of carbonyl (C=O) groups is 4. The van der Waals surface area contributed by atoms with Crippen LogP contribution in [0.25, 0.3) is 21.8 Å². The number of aliphatic carboxylic acids is 2. The van der Waals surface area contributed by atoms with E-state index in [9.17, 15) is 34.5 Å². The zero-order chi connectivity index (χ0) is 33.4. The molecule has 2 heterocycles. The highest BCUT2D eigenvalue weighted by Crippen LogP contribution is 2.33. The molecule has 7 N–H and O–H groups in total. The lowest BCUT2D eigenvalue weighted by molar-refractivity contribution is -0.149. The van der Waals surface area contributed by atoms with Crippen molar-refractivity contribution in [2.75, 3.05) is 26.2 Å². The number of unbranched alkanes of at least 4 members (excludes halogenated alkanes) is 1. The Morgan fingerprint density at radius 3 is 2.57 bits per heavy atom. The van der Waals surface area contributed by atoms with Gasteiger partial charge in [0.25, 0.3) is 5.91 Å². The molecule has 13 heteroatoms. The Morgan fingerprint density at radius 2 is 1.85 bits per heavy atom. The average Bonchev–Trinajstić information content (AvgIpc) is 3.66. The third-order valence-electron chi connectivity index (χ3n) is 8.19. The number of aliphatic hydroxyl groups excluding tert-OH is 1. The maximum absolute atomic E-state index is 12.9. The normalized spacial score (nSPS) is 16.9. The number of ether oxygens (including phenoxy) is 1. The monoisotopic (exact) mass is 639 g/mol. The summed E-state index contributed by atoms with van der Waals surface area (Å²) in [7, 11) is 0. The number of amides is 2. The predicted molar refractivity (Wildman–Crippen MR) is 173 cm³/mol. The van der Waals surface area contributed by atoms with E-state index in [0.29, 0.717) is 56.6 Å². The summed E-state index contributed by atoms with van der Waals surface area (Å²) >= 11 is 0. The van der Waals surface area contributed by atoms with Crippen molar-refractivity contribution in [1.82, 2.24) is 25.8 Å². The van der Waals surface area contributed by atoms with Gasteiger partial charge in [-0.1, -0.05) is 26.0 Å². The van der Waals surface area contributed by atoms with Gasteiger partial charge < -0.3 is 40.6 Å². The van der Waals surface area contributed by atoms with Gasteiger partial charge in [0.2, 0.25) is 5.91 Å². The van der Waals surface area contributed by atoms with Crippen molar-refractivity contribution in [2.24, 2.45) is 0 Å². The molecule has 1 aromatic heterocycles. The number of carboxylic acid groups (broad SMARTS) is 2. The highest BCUT2D eigenvalue weighted by molar-refractivity contribution is 6.12. The molecule has 4 atom stereocenters. The fourth-order valence-corrected chi connectivity index (χ4v) is 5.77. The van der Waals surface area contributed by atoms with Gasteiger partial charge >= 0.3 is 11.9 Å². The highest BCUT2D eigenvalue weighted by Gasteiger charge is 2.36. The minimum atomic E-state index is -1.10. The van der Waals surface area contributed by atoms with Crippen molar-refractivity contribution < 1.29 is 39.2 Å². The van der Waals surface area contributed by atoms with Crippen molar-refractivity contribution in [3.63, 3.8) is 0 Å². The number of nitrogens with zero attached hydrogens (tertiary/aromatic N) is 1. The van der Waals surface area contributed by atoms with E-state index in [2.05, 4.69) is 20.9 Å². The molecule has 1 saturated heterocycles. The quantitative estimate of drug-likeness (QED) is 0.108. The molecule has 46 heavy (non-hydrogen) atoms. The molecule has 1 aliphatic heterocycles. The summed E-state index contributed by atoms with van der Waals surface area (Å²) in [5.41, 5.74) is 2.08. The van der Waals surface area contributed by atoms with Crippen molar-refractivity contribution in [1.29, 1.82) is 0 Å². The molecule has 13 nitrogen and oxygen atoms in total. The van der Waals surface area contributed by atoms with Crippen LogP contribution in [0.15, 0.2) is 36.4 Å². The number of likely N-dealkylation sites (tertiary alicyclic amines) is 1. The minimum absolute atomic E-state index is 0.137. The van der Waals surface area contributed by atoms with E-state index in [0.717, 1.165) is 21.8 Å². The third-order valence-corrected chi connectivity index (χ3v) is 8.19. The zero-order valence-electron chi connectivity index (χ0n) is 26.5. The molecule has 3 aromatic rings. The van der Waals surface area contributed by atoms with Crippen LogP contribution in [-0.2, 0) is 14.4 Å². The largest absolute Gasteiger partial charge is 0.490 e. The molecular weight excluding hydrogens is 594 g/mol. The Kier molecular flexibility index (Phi) is 12.0. The average molecular weight is 640 g/mol. The summed E-state index contributed by atoms with van der Waals surface area (Å²) in [5, 5.41) is 40.0. The molecule has 250 valence electrons. The second kappa shape index (κ2) is 15.9. The molecular formula is C33H45N5O8. The summed E-state index contributed by atoms with van der Waals surface area (Å²) in [4.78, 5) is 53.6. The van der Waals surface area contributed by atoms with Crippen LogP contribution in [0.3, 0.4) is 0 Å². The van der Waals surface area contributed by atoms with Crippen LogP contribution >= 0.6 is 0 Å². The number of fused-ring (bicyclic) bond motifs is 3. The summed E-state index contributed by atoms with van der Waals surface area (Å²) in [6.07, 6.45) is 1.57. The van der Waals surface area contributed by atoms with E-state index in [-0.39, 0.29) is 25.0 Å². The molecule has 0 saturated carbocycles. The lowest BCUT2D eigenvalue weighted by atomic mass is 10.1. The van der Waals surface area contributed by atoms with Crippen molar-refractivity contribution in [3.8, 4) is 5.75 Å². The summed E-state index contributed by atoms with van der Waals surface area (Å²) in [6, 6.07) is 8.56. The van der Waals surface area contributed by atoms with Gasteiger partial charge in [-0.2, -0.15) is 0 Å². The first-order valence-corrected chi connectivity index (χ1v) is 15.8. The standard InChI is InChI=1S/C33H45N5O8/c1-19(2)35-17-22(39)18-46-28-11-6-9-24-29(28)23-13-12-21(16-26(23)37-24)30(40)34-14-5-4-8-25(32(42)43)36-20(3)31(41)38-15-7-10-27(38)33(44)45/h6,9,11-13,16,19-20,22,25,27,35-37,39H,4-5,7-8,10,14-15,17-18H2,1-3H3,(H,34,40)(H,42,43)(H,44,45)/t20-,22+,25-,27+/m1/s1. The van der Waals surface area contributed by atoms with Gasteiger partial charge in [0.1, 0.15) is 30.5 Å². The Morgan fingerprint density at radius 1 is 1.07 bits per heavy atom. The Hall–Kier alpha value is -4.20. The number of carboxylic acids is 2. The van der Waals surface area contributed by atoms with Gasteiger partial charge in [0.15, 0.2) is 0 Å². The first-order chi connectivity index (χ1) is 22.0. The maximum atomic E-state index is 12.9. The SMILES string of the molecule is CC(C)NC[C@H](O)COc1cccc2[nH]c3cc(C(=O)NCCCC[C@@H](N[C@H](C)C(=O)N4CCC[C@H]4C(=O)O)C(=O)O)ccc3c12. The second-order valence-corrected chi connectivity index (χ2v) is 12.2. The topological polar surface area (TPSA) is 193 Å². The van der Waals surface area contributed by atoms with Gasteiger partial charge in [-0.25, -0.2) is 4.79 Å². The number of H-pyrrole nitrogens is 1. The first kappa shape index (κ1) is 34.7. The van der Waals surface area contributed by atoms with Crippen LogP contribution in [0, 0.1) is 0 Å². The Balaban J connectivity index is 1.27. The van der Waals surface area contributed by atoms with Crippen LogP contribution in [0.2, 0.25) is 0 Å². The molecule has 0 spiro atoms. The maximum Gasteiger partial charge on any atom is 0.326 e. The van der Waals surface area contributed by atoms with E-state index in [4.69, 9.17) is 4.74 Å². The molecule has 0 unspecified atom stereocenters. The number of hydrogen-bond donors (Lipinski definition) is 7. The highest BCUT2D eigenvalue weighted by atomic mass is 16.5. The molecule has 1 aliphatic rings. The van der Waals surface area contributed by atoms with Crippen LogP contribution < -0.4 is 20.7 Å². The Labute approximate surface area is 267 Å². The second-order valence-electron chi connectivity index (χ2n) is 12.2. The summed E-state index contributed by atoms with van der Waals surface area (Å²) in [6.45, 7) is 6.80. The summed E-state index contributed by atoms with van der Waals surface area (Å²) < 4.78 is 5.96. The van der Waals surface area contributed by atoms with Gasteiger partial charge in [0, 0.05) is 47.5 Å². The molecule has 0 radical (unpaired) electrons. The van der Waals surface area contributed by atoms with E-state index in [1.54, 1.807) is 19.1 Å². The van der Waals surface area contributed by atoms with E-state index < -0.39 is 42.1 Å². The number of rotatable bonds is 17. The van der Waals surface area contributed by atoms with Crippen molar-refractivity contribution in [3.05, 3.63) is 42.0 Å². The van der Waals surface area contributed by atoms with Crippen LogP contribution in [0.1, 0.15) is 63.2 Å². The van der Waals surface area contributed by atoms with Crippen molar-refractivity contribution in [2.45, 2.75) is 83.1 Å². The van der Waals surface area contributed by atoms with E-state index in [1.807, 2.05) is 38.1 Å². The number of aliphatic hydroxyl groups is 1. The molecule has 0 aliphatic carbocycles. The van der Waals surface area contributed by atoms with Crippen LogP contribution in [0.5, 0.6) is 5.75 Å². The molecule has 1 fully saturated rings. The molecule has 2 amide bonds. The smallest absolute Gasteiger partial charge is 0.326 e. The van der Waals surface area contributed by atoms with Crippen LogP contribution in [-0.4, -0.2) is 105 Å². The number of aromatic amines is 1. The Bertz CT molecular complexity index is 1540. The van der Waals surface area contributed by atoms with Gasteiger partial charge in [-0.15, -0.1) is 0 Å². The fraction of sp³-hybridized carbons (Fsp3) is 0.515. The first-order valence-electron chi connectivity index (χ1n) is 15.8. The minimum Gasteiger partial charge on any atom is -0.490 e. The number of carbonyl (C=O) groups excluding carboxylic acids is 2. The molecule has 2 aromatic carbocycles. The van der Waals surface area contributed by atoms with Gasteiger partial charge in [-0.3, -0.25) is 19.7 Å². The lowest BCUT2D eigenvalue weighted by Crippen LogP contribution is -2.53. The van der Waals surface area contributed by atoms with Crippen molar-refractivity contribution >= 4 is 45.6 Å². The molecule has 4 rings (SSSR count). The van der Waals surface area contributed by atoms with Gasteiger partial charge in [0.05, 0.1) is 11.6 Å².